The standard InChI is InChI=1S/C15H17N5O/c1-11(2)9-20-10-17-7-14(20)8-19-15(21)12-3-4-13(5-16)18-6-12/h3-4,6-7,10-11H,8-9H2,1-2H3,(H,19,21). The molecule has 1 amide bonds. The van der Waals surface area contributed by atoms with Gasteiger partial charge in [-0.05, 0) is 18.1 Å². The maximum atomic E-state index is 12.0. The van der Waals surface area contributed by atoms with Gasteiger partial charge in [0.2, 0.25) is 0 Å². The van der Waals surface area contributed by atoms with Crippen LogP contribution in [0, 0.1) is 17.2 Å². The minimum atomic E-state index is -0.218. The molecule has 21 heavy (non-hydrogen) atoms. The van der Waals surface area contributed by atoms with Crippen LogP contribution in [0.15, 0.2) is 30.9 Å². The number of pyridine rings is 1. The van der Waals surface area contributed by atoms with Gasteiger partial charge in [0.05, 0.1) is 24.1 Å². The molecule has 6 heteroatoms. The Labute approximate surface area is 123 Å². The van der Waals surface area contributed by atoms with Crippen LogP contribution in [-0.4, -0.2) is 20.4 Å². The summed E-state index contributed by atoms with van der Waals surface area (Å²) in [5, 5.41) is 11.5. The van der Waals surface area contributed by atoms with Crippen molar-refractivity contribution in [2.24, 2.45) is 5.92 Å². The molecule has 0 spiro atoms. The fraction of sp³-hybridized carbons (Fsp3) is 0.333. The summed E-state index contributed by atoms with van der Waals surface area (Å²) < 4.78 is 2.03. The predicted molar refractivity (Wildman–Crippen MR) is 77.2 cm³/mol. The molecule has 2 aromatic rings. The molecule has 0 saturated carbocycles. The number of nitriles is 1. The first kappa shape index (κ1) is 14.7. The average molecular weight is 283 g/mol. The van der Waals surface area contributed by atoms with Crippen LogP contribution in [-0.2, 0) is 13.1 Å². The molecule has 0 radical (unpaired) electrons. The van der Waals surface area contributed by atoms with Crippen molar-refractivity contribution < 1.29 is 4.79 Å². The van der Waals surface area contributed by atoms with Crippen molar-refractivity contribution in [1.82, 2.24) is 19.9 Å². The summed E-state index contributed by atoms with van der Waals surface area (Å²) in [6.45, 7) is 5.53. The minimum absolute atomic E-state index is 0.218. The Kier molecular flexibility index (Phi) is 4.67. The molecule has 0 saturated heterocycles. The fourth-order valence-electron chi connectivity index (χ4n) is 1.92. The van der Waals surface area contributed by atoms with Crippen LogP contribution in [0.4, 0.5) is 0 Å². The van der Waals surface area contributed by atoms with Crippen LogP contribution >= 0.6 is 0 Å². The molecule has 108 valence electrons. The third kappa shape index (κ3) is 3.89. The quantitative estimate of drug-likeness (QED) is 0.905. The molecule has 2 heterocycles. The lowest BCUT2D eigenvalue weighted by Gasteiger charge is -2.11. The molecule has 0 atom stereocenters. The molecule has 0 aliphatic carbocycles. The smallest absolute Gasteiger partial charge is 0.253 e. The monoisotopic (exact) mass is 283 g/mol. The Morgan fingerprint density at radius 1 is 1.43 bits per heavy atom. The predicted octanol–water partition coefficient (Wildman–Crippen LogP) is 1.74. The maximum Gasteiger partial charge on any atom is 0.253 e. The summed E-state index contributed by atoms with van der Waals surface area (Å²) in [4.78, 5) is 20.0. The van der Waals surface area contributed by atoms with Crippen molar-refractivity contribution in [3.63, 3.8) is 0 Å². The highest BCUT2D eigenvalue weighted by atomic mass is 16.1. The van der Waals surface area contributed by atoms with E-state index in [-0.39, 0.29) is 5.91 Å². The number of nitrogens with one attached hydrogen (secondary N) is 1. The topological polar surface area (TPSA) is 83.6 Å². The van der Waals surface area contributed by atoms with E-state index in [1.165, 1.54) is 12.3 Å². The van der Waals surface area contributed by atoms with Crippen molar-refractivity contribution in [1.29, 1.82) is 5.26 Å². The number of carbonyl (C=O) groups is 1. The second-order valence-electron chi connectivity index (χ2n) is 5.16. The minimum Gasteiger partial charge on any atom is -0.346 e. The van der Waals surface area contributed by atoms with Gasteiger partial charge in [0.25, 0.3) is 5.91 Å². The zero-order valence-electron chi connectivity index (χ0n) is 12.1. The molecule has 0 fully saturated rings. The number of carbonyl (C=O) groups excluding carboxylic acids is 1. The van der Waals surface area contributed by atoms with Crippen molar-refractivity contribution in [3.05, 3.63) is 47.8 Å². The molecule has 0 bridgehead atoms. The normalized spacial score (nSPS) is 10.4. The van der Waals surface area contributed by atoms with E-state index >= 15 is 0 Å². The van der Waals surface area contributed by atoms with E-state index in [4.69, 9.17) is 5.26 Å². The Morgan fingerprint density at radius 3 is 2.86 bits per heavy atom. The van der Waals surface area contributed by atoms with Gasteiger partial charge in [-0.1, -0.05) is 13.8 Å². The van der Waals surface area contributed by atoms with E-state index < -0.39 is 0 Å². The number of imidazole rings is 1. The Bertz CT molecular complexity index is 651. The largest absolute Gasteiger partial charge is 0.346 e. The first-order valence-corrected chi connectivity index (χ1v) is 6.73. The van der Waals surface area contributed by atoms with Crippen LogP contribution < -0.4 is 5.32 Å². The van der Waals surface area contributed by atoms with Crippen LogP contribution in [0.1, 0.15) is 35.6 Å². The first-order valence-electron chi connectivity index (χ1n) is 6.73. The molecule has 0 aliphatic heterocycles. The average Bonchev–Trinajstić information content (AvgIpc) is 2.91. The van der Waals surface area contributed by atoms with Gasteiger partial charge < -0.3 is 9.88 Å². The van der Waals surface area contributed by atoms with Gasteiger partial charge in [0.1, 0.15) is 11.8 Å². The summed E-state index contributed by atoms with van der Waals surface area (Å²) in [5.41, 5.74) is 1.68. The number of hydrogen-bond acceptors (Lipinski definition) is 4. The number of aromatic nitrogens is 3. The van der Waals surface area contributed by atoms with Gasteiger partial charge in [0, 0.05) is 18.9 Å². The second kappa shape index (κ2) is 6.66. The third-order valence-corrected chi connectivity index (χ3v) is 2.93. The van der Waals surface area contributed by atoms with Crippen LogP contribution in [0.25, 0.3) is 0 Å². The Morgan fingerprint density at radius 2 is 2.24 bits per heavy atom. The molecular weight excluding hydrogens is 266 g/mol. The summed E-state index contributed by atoms with van der Waals surface area (Å²) in [6.07, 6.45) is 4.92. The number of amides is 1. The van der Waals surface area contributed by atoms with E-state index in [9.17, 15) is 4.79 Å². The highest BCUT2D eigenvalue weighted by Gasteiger charge is 2.09. The zero-order chi connectivity index (χ0) is 15.2. The molecule has 2 aromatic heterocycles. The van der Waals surface area contributed by atoms with Crippen LogP contribution in [0.2, 0.25) is 0 Å². The maximum absolute atomic E-state index is 12.0. The van der Waals surface area contributed by atoms with E-state index in [0.29, 0.717) is 23.7 Å². The molecule has 0 unspecified atom stereocenters. The molecule has 0 aliphatic rings. The molecule has 2 rings (SSSR count). The summed E-state index contributed by atoms with van der Waals surface area (Å²) in [7, 11) is 0. The third-order valence-electron chi connectivity index (χ3n) is 2.93. The van der Waals surface area contributed by atoms with Gasteiger partial charge in [-0.3, -0.25) is 4.79 Å². The number of rotatable bonds is 5. The highest BCUT2D eigenvalue weighted by Crippen LogP contribution is 2.05. The molecular formula is C15H17N5O. The highest BCUT2D eigenvalue weighted by molar-refractivity contribution is 5.93. The fourth-order valence-corrected chi connectivity index (χ4v) is 1.92. The Balaban J connectivity index is 1.97. The van der Waals surface area contributed by atoms with Crippen LogP contribution in [0.5, 0.6) is 0 Å². The molecule has 6 nitrogen and oxygen atoms in total. The van der Waals surface area contributed by atoms with Crippen molar-refractivity contribution in [3.8, 4) is 6.07 Å². The van der Waals surface area contributed by atoms with Gasteiger partial charge in [-0.15, -0.1) is 0 Å². The second-order valence-corrected chi connectivity index (χ2v) is 5.16. The van der Waals surface area contributed by atoms with Crippen molar-refractivity contribution in [2.45, 2.75) is 26.9 Å². The number of hydrogen-bond donors (Lipinski definition) is 1. The van der Waals surface area contributed by atoms with Gasteiger partial charge >= 0.3 is 0 Å². The van der Waals surface area contributed by atoms with Crippen molar-refractivity contribution in [2.75, 3.05) is 0 Å². The van der Waals surface area contributed by atoms with Crippen molar-refractivity contribution >= 4 is 5.91 Å². The zero-order valence-corrected chi connectivity index (χ0v) is 12.1. The molecule has 0 aromatic carbocycles. The van der Waals surface area contributed by atoms with E-state index in [0.717, 1.165) is 12.2 Å². The molecule has 1 N–H and O–H groups in total. The summed E-state index contributed by atoms with van der Waals surface area (Å²) >= 11 is 0. The lowest BCUT2D eigenvalue weighted by molar-refractivity contribution is 0.0949. The number of nitrogens with zero attached hydrogens (tertiary/aromatic N) is 4. The van der Waals surface area contributed by atoms with E-state index in [1.807, 2.05) is 10.6 Å². The van der Waals surface area contributed by atoms with E-state index in [1.54, 1.807) is 18.6 Å². The van der Waals surface area contributed by atoms with E-state index in [2.05, 4.69) is 29.1 Å². The van der Waals surface area contributed by atoms with Gasteiger partial charge in [0.15, 0.2) is 0 Å². The Hall–Kier alpha value is -2.68. The lowest BCUT2D eigenvalue weighted by atomic mass is 10.2. The summed E-state index contributed by atoms with van der Waals surface area (Å²) in [5.74, 6) is 0.292. The lowest BCUT2D eigenvalue weighted by Crippen LogP contribution is -2.24. The van der Waals surface area contributed by atoms with Crippen LogP contribution in [0.3, 0.4) is 0 Å². The first-order chi connectivity index (χ1) is 10.1. The van der Waals surface area contributed by atoms with Gasteiger partial charge in [-0.2, -0.15) is 5.26 Å². The SMILES string of the molecule is CC(C)Cn1cncc1CNC(=O)c1ccc(C#N)nc1. The summed E-state index contributed by atoms with van der Waals surface area (Å²) in [6, 6.07) is 5.03. The van der Waals surface area contributed by atoms with Gasteiger partial charge in [-0.25, -0.2) is 9.97 Å².